The number of amides is 1. The van der Waals surface area contributed by atoms with E-state index in [1.54, 1.807) is 48.5 Å². The molecule has 0 aromatic heterocycles. The Bertz CT molecular complexity index is 1220. The highest BCUT2D eigenvalue weighted by Gasteiger charge is 2.27. The second kappa shape index (κ2) is 11.2. The quantitative estimate of drug-likeness (QED) is 0.274. The van der Waals surface area contributed by atoms with E-state index in [0.29, 0.717) is 58.7 Å². The monoisotopic (exact) mass is 517 g/mol. The summed E-state index contributed by atoms with van der Waals surface area (Å²) in [5.74, 6) is 1.52. The summed E-state index contributed by atoms with van der Waals surface area (Å²) in [6, 6.07) is 16.8. The van der Waals surface area contributed by atoms with Crippen LogP contribution in [0.1, 0.15) is 28.4 Å². The molecular weight excluding hydrogens is 497 g/mol. The molecule has 3 aromatic carbocycles. The molecular formula is C25H21Cl2NO7. The maximum atomic E-state index is 12.4. The lowest BCUT2D eigenvalue weighted by atomic mass is 10.0. The van der Waals surface area contributed by atoms with E-state index in [4.69, 9.17) is 47.3 Å². The molecule has 1 atom stereocenters. The van der Waals surface area contributed by atoms with Gasteiger partial charge < -0.3 is 29.4 Å². The van der Waals surface area contributed by atoms with Crippen molar-refractivity contribution >= 4 is 35.3 Å². The minimum absolute atomic E-state index is 0.260. The molecule has 0 saturated carbocycles. The van der Waals surface area contributed by atoms with Gasteiger partial charge in [-0.05, 0) is 42.5 Å². The van der Waals surface area contributed by atoms with Crippen LogP contribution in [-0.4, -0.2) is 36.9 Å². The van der Waals surface area contributed by atoms with Crippen molar-refractivity contribution in [3.8, 4) is 23.0 Å². The zero-order chi connectivity index (χ0) is 24.8. The van der Waals surface area contributed by atoms with Gasteiger partial charge in [-0.25, -0.2) is 4.79 Å². The first-order valence-electron chi connectivity index (χ1n) is 10.7. The van der Waals surface area contributed by atoms with Gasteiger partial charge in [-0.2, -0.15) is 0 Å². The summed E-state index contributed by atoms with van der Waals surface area (Å²) in [7, 11) is 0. The summed E-state index contributed by atoms with van der Waals surface area (Å²) >= 11 is 12.4. The molecule has 4 rings (SSSR count). The summed E-state index contributed by atoms with van der Waals surface area (Å²) < 4.78 is 21.9. The fourth-order valence-electron chi connectivity index (χ4n) is 3.47. The Morgan fingerprint density at radius 2 is 1.80 bits per heavy atom. The number of nitrogens with one attached hydrogen (secondary N) is 1. The lowest BCUT2D eigenvalue weighted by Crippen LogP contribution is -2.28. The van der Waals surface area contributed by atoms with Gasteiger partial charge in [0.1, 0.15) is 35.7 Å². The van der Waals surface area contributed by atoms with Crippen LogP contribution in [0.5, 0.6) is 23.0 Å². The highest BCUT2D eigenvalue weighted by Crippen LogP contribution is 2.42. The number of hydrogen-bond acceptors (Lipinski definition) is 6. The lowest BCUT2D eigenvalue weighted by molar-refractivity contribution is 0.0326. The van der Waals surface area contributed by atoms with Gasteiger partial charge in [0.2, 0.25) is 0 Å². The van der Waals surface area contributed by atoms with Gasteiger partial charge in [0.25, 0.3) is 5.91 Å². The maximum absolute atomic E-state index is 12.4. The molecule has 10 heteroatoms. The smallest absolute Gasteiger partial charge is 0.493 e. The second-order valence-corrected chi connectivity index (χ2v) is 8.31. The Balaban J connectivity index is 1.34. The number of carboxylic acid groups (broad SMARTS) is 1. The molecule has 0 bridgehead atoms. The average Bonchev–Trinajstić information content (AvgIpc) is 2.84. The van der Waals surface area contributed by atoms with Crippen molar-refractivity contribution in [3.63, 3.8) is 0 Å². The summed E-state index contributed by atoms with van der Waals surface area (Å²) in [6.45, 7) is 0.882. The molecule has 1 amide bonds. The van der Waals surface area contributed by atoms with Crippen LogP contribution >= 0.6 is 23.2 Å². The Morgan fingerprint density at radius 1 is 1.03 bits per heavy atom. The van der Waals surface area contributed by atoms with Crippen LogP contribution in [0.25, 0.3) is 0 Å². The molecule has 2 N–H and O–H groups in total. The second-order valence-electron chi connectivity index (χ2n) is 7.49. The molecule has 0 spiro atoms. The Morgan fingerprint density at radius 3 is 2.54 bits per heavy atom. The van der Waals surface area contributed by atoms with Crippen molar-refractivity contribution in [2.75, 3.05) is 19.8 Å². The minimum atomic E-state index is -1.36. The third-order valence-corrected chi connectivity index (χ3v) is 5.73. The van der Waals surface area contributed by atoms with Gasteiger partial charge in [0.05, 0.1) is 23.2 Å². The van der Waals surface area contributed by atoms with Crippen LogP contribution < -0.4 is 19.5 Å². The molecule has 182 valence electrons. The SMILES string of the molecule is O=C(O)OC1CCOc2cc(Oc3ccc(C(=O)NCCOc4ccccc4Cl)cc3)c(Cl)cc21. The highest BCUT2D eigenvalue weighted by molar-refractivity contribution is 6.32. The normalized spacial score (nSPS) is 14.3. The van der Waals surface area contributed by atoms with E-state index in [9.17, 15) is 9.59 Å². The van der Waals surface area contributed by atoms with Crippen molar-refractivity contribution in [3.05, 3.63) is 81.8 Å². The molecule has 0 radical (unpaired) electrons. The Hall–Kier alpha value is -3.62. The zero-order valence-electron chi connectivity index (χ0n) is 18.3. The van der Waals surface area contributed by atoms with Gasteiger partial charge in [0, 0.05) is 23.6 Å². The largest absolute Gasteiger partial charge is 0.506 e. The predicted octanol–water partition coefficient (Wildman–Crippen LogP) is 6.11. The standard InChI is InChI=1S/C25H21Cl2NO7/c26-18-3-1-2-4-21(18)33-12-10-28-24(29)15-5-7-16(8-6-15)34-23-14-22-17(13-19(23)27)20(9-11-32-22)35-25(30)31/h1-8,13-14,20H,9-12H2,(H,28,29)(H,30,31). The molecule has 1 aliphatic heterocycles. The van der Waals surface area contributed by atoms with E-state index in [-0.39, 0.29) is 17.5 Å². The summed E-state index contributed by atoms with van der Waals surface area (Å²) in [6.07, 6.45) is -1.63. The summed E-state index contributed by atoms with van der Waals surface area (Å²) in [5, 5.41) is 12.5. The molecule has 0 saturated heterocycles. The summed E-state index contributed by atoms with van der Waals surface area (Å²) in [4.78, 5) is 23.3. The molecule has 0 fully saturated rings. The van der Waals surface area contributed by atoms with Crippen LogP contribution in [0.15, 0.2) is 60.7 Å². The van der Waals surface area contributed by atoms with Crippen LogP contribution in [0, 0.1) is 0 Å². The Kier molecular flexibility index (Phi) is 7.84. The number of halogens is 2. The van der Waals surface area contributed by atoms with Crippen molar-refractivity contribution in [1.29, 1.82) is 0 Å². The van der Waals surface area contributed by atoms with Crippen molar-refractivity contribution < 1.29 is 33.6 Å². The predicted molar refractivity (Wildman–Crippen MR) is 129 cm³/mol. The molecule has 35 heavy (non-hydrogen) atoms. The van der Waals surface area contributed by atoms with E-state index in [1.807, 2.05) is 12.1 Å². The fourth-order valence-corrected chi connectivity index (χ4v) is 3.87. The Labute approximate surface area is 211 Å². The fraction of sp³-hybridized carbons (Fsp3) is 0.200. The van der Waals surface area contributed by atoms with Crippen molar-refractivity contribution in [1.82, 2.24) is 5.32 Å². The van der Waals surface area contributed by atoms with E-state index >= 15 is 0 Å². The first kappa shape index (κ1) is 24.5. The number of carbonyl (C=O) groups excluding carboxylic acids is 1. The minimum Gasteiger partial charge on any atom is -0.493 e. The van der Waals surface area contributed by atoms with Gasteiger partial charge in [0.15, 0.2) is 0 Å². The molecule has 1 aliphatic rings. The number of rotatable bonds is 8. The number of benzene rings is 3. The van der Waals surface area contributed by atoms with Crippen molar-refractivity contribution in [2.45, 2.75) is 12.5 Å². The van der Waals surface area contributed by atoms with Gasteiger partial charge in [-0.1, -0.05) is 35.3 Å². The van der Waals surface area contributed by atoms with Crippen LogP contribution in [0.2, 0.25) is 10.0 Å². The highest BCUT2D eigenvalue weighted by atomic mass is 35.5. The first-order chi connectivity index (χ1) is 16.9. The lowest BCUT2D eigenvalue weighted by Gasteiger charge is -2.25. The van der Waals surface area contributed by atoms with Gasteiger partial charge in [-0.3, -0.25) is 4.79 Å². The third-order valence-electron chi connectivity index (χ3n) is 5.12. The van der Waals surface area contributed by atoms with Crippen LogP contribution in [0.4, 0.5) is 4.79 Å². The van der Waals surface area contributed by atoms with Crippen LogP contribution in [0.3, 0.4) is 0 Å². The summed E-state index contributed by atoms with van der Waals surface area (Å²) in [5.41, 5.74) is 0.991. The number of ether oxygens (including phenoxy) is 4. The number of para-hydroxylation sites is 1. The first-order valence-corrected chi connectivity index (χ1v) is 11.5. The van der Waals surface area contributed by atoms with Gasteiger partial charge in [-0.15, -0.1) is 0 Å². The average molecular weight is 518 g/mol. The topological polar surface area (TPSA) is 103 Å². The van der Waals surface area contributed by atoms with E-state index in [1.165, 1.54) is 0 Å². The van der Waals surface area contributed by atoms with Gasteiger partial charge >= 0.3 is 6.16 Å². The zero-order valence-corrected chi connectivity index (χ0v) is 19.8. The van der Waals surface area contributed by atoms with Crippen LogP contribution in [-0.2, 0) is 4.74 Å². The number of hydrogen-bond donors (Lipinski definition) is 2. The maximum Gasteiger partial charge on any atom is 0.506 e. The van der Waals surface area contributed by atoms with E-state index in [2.05, 4.69) is 5.32 Å². The number of fused-ring (bicyclic) bond motifs is 1. The molecule has 1 unspecified atom stereocenters. The van der Waals surface area contributed by atoms with E-state index in [0.717, 1.165) is 0 Å². The molecule has 3 aromatic rings. The third kappa shape index (κ3) is 6.29. The number of carbonyl (C=O) groups is 2. The van der Waals surface area contributed by atoms with Crippen molar-refractivity contribution in [2.24, 2.45) is 0 Å². The molecule has 8 nitrogen and oxygen atoms in total. The molecule has 0 aliphatic carbocycles. The van der Waals surface area contributed by atoms with E-state index < -0.39 is 12.3 Å². The molecule has 1 heterocycles.